The molecule has 1 aliphatic rings. The van der Waals surface area contributed by atoms with Crippen LogP contribution in [0.4, 0.5) is 9.80 Å². The Morgan fingerprint density at radius 3 is 2.50 bits per heavy atom. The first kappa shape index (κ1) is 22.2. The number of hydrogen-bond acceptors (Lipinski definition) is 5. The van der Waals surface area contributed by atoms with Gasteiger partial charge in [0.2, 0.25) is 0 Å². The molecule has 1 saturated carbocycles. The largest absolute Gasteiger partial charge is 0.494 e. The predicted molar refractivity (Wildman–Crippen MR) is 121 cm³/mol. The van der Waals surface area contributed by atoms with E-state index in [4.69, 9.17) is 9.47 Å². The summed E-state index contributed by atoms with van der Waals surface area (Å²) in [6.07, 6.45) is 6.45. The highest BCUT2D eigenvalue weighted by Gasteiger charge is 2.24. The highest BCUT2D eigenvalue weighted by atomic mass is 32.1. The molecule has 3 rings (SSSR count). The molecule has 1 aliphatic carbocycles. The molecule has 7 heteroatoms. The lowest BCUT2D eigenvalue weighted by Gasteiger charge is -2.22. The van der Waals surface area contributed by atoms with Gasteiger partial charge in [-0.05, 0) is 43.9 Å². The maximum absolute atomic E-state index is 12.7. The number of ether oxygens (including phenoxy) is 2. The van der Waals surface area contributed by atoms with E-state index in [1.54, 1.807) is 6.92 Å². The molecule has 0 saturated heterocycles. The summed E-state index contributed by atoms with van der Waals surface area (Å²) < 4.78 is 10.9. The molecule has 6 nitrogen and oxygen atoms in total. The average molecular weight is 431 g/mol. The van der Waals surface area contributed by atoms with Gasteiger partial charge in [0.05, 0.1) is 13.2 Å². The summed E-state index contributed by atoms with van der Waals surface area (Å²) in [5, 5.41) is 8.28. The fourth-order valence-corrected chi connectivity index (χ4v) is 4.54. The van der Waals surface area contributed by atoms with Crippen molar-refractivity contribution in [2.45, 2.75) is 58.4 Å². The van der Waals surface area contributed by atoms with Crippen molar-refractivity contribution >= 4 is 28.3 Å². The third kappa shape index (κ3) is 5.75. The number of carbonyl (C=O) groups is 2. The molecule has 0 atom stereocenters. The smallest absolute Gasteiger partial charge is 0.341 e. The van der Waals surface area contributed by atoms with E-state index in [0.29, 0.717) is 17.2 Å². The molecule has 2 amide bonds. The van der Waals surface area contributed by atoms with Gasteiger partial charge in [-0.2, -0.15) is 0 Å². The fraction of sp³-hybridized carbons (Fsp3) is 0.478. The molecule has 1 heterocycles. The zero-order valence-electron chi connectivity index (χ0n) is 17.7. The first-order chi connectivity index (χ1) is 14.6. The lowest BCUT2D eigenvalue weighted by atomic mass is 9.96. The SMILES string of the molecule is CCCOc1ccc(-c2csc(NC(=O)NC3CCCCC3)c2C(=O)OCC)cc1. The first-order valence-corrected chi connectivity index (χ1v) is 11.6. The highest BCUT2D eigenvalue weighted by Crippen LogP contribution is 2.37. The molecular formula is C23H30N2O4S. The predicted octanol–water partition coefficient (Wildman–Crippen LogP) is 5.83. The Labute approximate surface area is 182 Å². The second kappa shape index (κ2) is 11.0. The third-order valence-corrected chi connectivity index (χ3v) is 5.97. The van der Waals surface area contributed by atoms with Crippen molar-refractivity contribution < 1.29 is 19.1 Å². The number of amides is 2. The molecular weight excluding hydrogens is 400 g/mol. The molecule has 30 heavy (non-hydrogen) atoms. The third-order valence-electron chi connectivity index (χ3n) is 5.08. The van der Waals surface area contributed by atoms with E-state index >= 15 is 0 Å². The molecule has 1 aromatic carbocycles. The molecule has 2 aromatic rings. The number of thiophene rings is 1. The quantitative estimate of drug-likeness (QED) is 0.516. The van der Waals surface area contributed by atoms with Gasteiger partial charge in [0.25, 0.3) is 0 Å². The lowest BCUT2D eigenvalue weighted by Crippen LogP contribution is -2.39. The monoisotopic (exact) mass is 430 g/mol. The number of benzene rings is 1. The summed E-state index contributed by atoms with van der Waals surface area (Å²) in [7, 11) is 0. The Morgan fingerprint density at radius 2 is 1.83 bits per heavy atom. The van der Waals surface area contributed by atoms with Crippen molar-refractivity contribution in [2.24, 2.45) is 0 Å². The minimum absolute atomic E-state index is 0.194. The van der Waals surface area contributed by atoms with E-state index in [1.807, 2.05) is 29.6 Å². The number of urea groups is 1. The van der Waals surface area contributed by atoms with Crippen LogP contribution in [0.15, 0.2) is 29.6 Å². The standard InChI is InChI=1S/C23H30N2O4S/c1-3-14-29-18-12-10-16(11-13-18)19-15-30-21(20(19)22(26)28-4-2)25-23(27)24-17-8-6-5-7-9-17/h10-13,15,17H,3-9,14H2,1-2H3,(H2,24,25,27). The average Bonchev–Trinajstić information content (AvgIpc) is 3.17. The summed E-state index contributed by atoms with van der Waals surface area (Å²) in [6.45, 7) is 4.76. The minimum atomic E-state index is -0.437. The second-order valence-corrected chi connectivity index (χ2v) is 8.26. The summed E-state index contributed by atoms with van der Waals surface area (Å²) in [5.41, 5.74) is 2.01. The van der Waals surface area contributed by atoms with Crippen LogP contribution < -0.4 is 15.4 Å². The Morgan fingerprint density at radius 1 is 1.10 bits per heavy atom. The van der Waals surface area contributed by atoms with Crippen LogP contribution in [0, 0.1) is 0 Å². The molecule has 0 unspecified atom stereocenters. The van der Waals surface area contributed by atoms with Crippen molar-refractivity contribution in [3.8, 4) is 16.9 Å². The van der Waals surface area contributed by atoms with Crippen molar-refractivity contribution in [3.63, 3.8) is 0 Å². The second-order valence-electron chi connectivity index (χ2n) is 7.38. The van der Waals surface area contributed by atoms with E-state index in [2.05, 4.69) is 17.6 Å². The van der Waals surface area contributed by atoms with Crippen LogP contribution in [0.1, 0.15) is 62.7 Å². The van der Waals surface area contributed by atoms with Gasteiger partial charge < -0.3 is 14.8 Å². The summed E-state index contributed by atoms with van der Waals surface area (Å²) in [5.74, 6) is 0.353. The van der Waals surface area contributed by atoms with Gasteiger partial charge in [0, 0.05) is 17.0 Å². The zero-order valence-corrected chi connectivity index (χ0v) is 18.5. The first-order valence-electron chi connectivity index (χ1n) is 10.7. The molecule has 0 radical (unpaired) electrons. The molecule has 0 bridgehead atoms. The minimum Gasteiger partial charge on any atom is -0.494 e. The molecule has 1 fully saturated rings. The van der Waals surface area contributed by atoms with Crippen LogP contribution in [0.3, 0.4) is 0 Å². The van der Waals surface area contributed by atoms with E-state index in [0.717, 1.165) is 49.0 Å². The number of hydrogen-bond donors (Lipinski definition) is 2. The van der Waals surface area contributed by atoms with E-state index in [-0.39, 0.29) is 18.7 Å². The fourth-order valence-electron chi connectivity index (χ4n) is 3.59. The number of carbonyl (C=O) groups excluding carboxylic acids is 2. The summed E-state index contributed by atoms with van der Waals surface area (Å²) in [6, 6.07) is 7.54. The zero-order chi connectivity index (χ0) is 21.3. The van der Waals surface area contributed by atoms with Crippen molar-refractivity contribution in [1.29, 1.82) is 0 Å². The van der Waals surface area contributed by atoms with Crippen molar-refractivity contribution in [1.82, 2.24) is 5.32 Å². The molecule has 2 N–H and O–H groups in total. The molecule has 162 valence electrons. The summed E-state index contributed by atoms with van der Waals surface area (Å²) >= 11 is 1.33. The van der Waals surface area contributed by atoms with E-state index < -0.39 is 5.97 Å². The lowest BCUT2D eigenvalue weighted by molar-refractivity contribution is 0.0529. The van der Waals surface area contributed by atoms with Crippen molar-refractivity contribution in [3.05, 3.63) is 35.2 Å². The van der Waals surface area contributed by atoms with Crippen LogP contribution in [0.5, 0.6) is 5.75 Å². The normalized spacial score (nSPS) is 14.2. The summed E-state index contributed by atoms with van der Waals surface area (Å²) in [4.78, 5) is 25.2. The molecule has 0 aliphatic heterocycles. The van der Waals surface area contributed by atoms with Gasteiger partial charge in [-0.15, -0.1) is 11.3 Å². The van der Waals surface area contributed by atoms with Crippen LogP contribution in [-0.2, 0) is 4.74 Å². The van der Waals surface area contributed by atoms with Gasteiger partial charge in [-0.1, -0.05) is 38.3 Å². The molecule has 0 spiro atoms. The number of anilines is 1. The topological polar surface area (TPSA) is 76.7 Å². The highest BCUT2D eigenvalue weighted by molar-refractivity contribution is 7.15. The number of esters is 1. The Balaban J connectivity index is 1.79. The van der Waals surface area contributed by atoms with Crippen LogP contribution in [-0.4, -0.2) is 31.3 Å². The van der Waals surface area contributed by atoms with E-state index in [9.17, 15) is 9.59 Å². The van der Waals surface area contributed by atoms with Crippen molar-refractivity contribution in [2.75, 3.05) is 18.5 Å². The van der Waals surface area contributed by atoms with Crippen LogP contribution in [0.25, 0.3) is 11.1 Å². The molecule has 1 aromatic heterocycles. The van der Waals surface area contributed by atoms with Gasteiger partial charge in [0.15, 0.2) is 0 Å². The Hall–Kier alpha value is -2.54. The van der Waals surface area contributed by atoms with Gasteiger partial charge in [0.1, 0.15) is 16.3 Å². The Bertz CT molecular complexity index is 841. The van der Waals surface area contributed by atoms with Gasteiger partial charge in [-0.3, -0.25) is 5.32 Å². The van der Waals surface area contributed by atoms with Gasteiger partial charge >= 0.3 is 12.0 Å². The maximum Gasteiger partial charge on any atom is 0.341 e. The maximum atomic E-state index is 12.7. The van der Waals surface area contributed by atoms with E-state index in [1.165, 1.54) is 17.8 Å². The van der Waals surface area contributed by atoms with Crippen LogP contribution in [0.2, 0.25) is 0 Å². The Kier molecular flexibility index (Phi) is 8.13. The number of rotatable bonds is 8. The van der Waals surface area contributed by atoms with Crippen LogP contribution >= 0.6 is 11.3 Å². The number of nitrogens with one attached hydrogen (secondary N) is 2. The van der Waals surface area contributed by atoms with Gasteiger partial charge in [-0.25, -0.2) is 9.59 Å².